The van der Waals surface area contributed by atoms with Gasteiger partial charge in [0.2, 0.25) is 5.56 Å². The van der Waals surface area contributed by atoms with Crippen molar-refractivity contribution < 1.29 is 34.8 Å². The zero-order valence-electron chi connectivity index (χ0n) is 20.2. The van der Waals surface area contributed by atoms with Crippen LogP contribution in [0.2, 0.25) is 0 Å². The number of hydrogen-bond acceptors (Lipinski definition) is 7. The van der Waals surface area contributed by atoms with Gasteiger partial charge in [-0.15, -0.1) is 35.1 Å². The number of ether oxygens (including phenoxy) is 1. The minimum absolute atomic E-state index is 0. The molecule has 0 radical (unpaired) electrons. The Morgan fingerprint density at radius 2 is 1.95 bits per heavy atom. The van der Waals surface area contributed by atoms with E-state index in [1.54, 1.807) is 37.5 Å². The molecule has 11 heteroatoms. The van der Waals surface area contributed by atoms with Crippen LogP contribution in [0.4, 0.5) is 8.78 Å². The Bertz CT molecular complexity index is 1530. The Kier molecular flexibility index (Phi) is 10.00. The Morgan fingerprint density at radius 3 is 2.55 bits per heavy atom. The molecule has 0 saturated heterocycles. The Balaban J connectivity index is 0.000000303. The summed E-state index contributed by atoms with van der Waals surface area (Å²) in [6.45, 7) is 0. The van der Waals surface area contributed by atoms with Gasteiger partial charge in [-0.25, -0.2) is 13.9 Å². The van der Waals surface area contributed by atoms with Crippen molar-refractivity contribution in [3.8, 4) is 39.8 Å². The van der Waals surface area contributed by atoms with Gasteiger partial charge in [0.25, 0.3) is 6.43 Å². The van der Waals surface area contributed by atoms with Crippen LogP contribution >= 0.6 is 11.3 Å². The molecule has 1 aliphatic carbocycles. The molecule has 0 unspecified atom stereocenters. The first-order valence-electron chi connectivity index (χ1n) is 11.1. The van der Waals surface area contributed by atoms with Gasteiger partial charge < -0.3 is 25.4 Å². The molecule has 0 atom stereocenters. The largest absolute Gasteiger partial charge is 2.00 e. The molecule has 196 valence electrons. The van der Waals surface area contributed by atoms with Gasteiger partial charge in [0.1, 0.15) is 11.4 Å². The summed E-state index contributed by atoms with van der Waals surface area (Å²) in [5.41, 5.74) is 4.41. The molecule has 3 heterocycles. The summed E-state index contributed by atoms with van der Waals surface area (Å²) < 4.78 is 32.8. The topological polar surface area (TPSA) is 87.0 Å². The van der Waals surface area contributed by atoms with Gasteiger partial charge in [-0.3, -0.25) is 14.9 Å². The molecule has 0 aliphatic heterocycles. The van der Waals surface area contributed by atoms with Crippen molar-refractivity contribution in [2.24, 2.45) is 13.0 Å². The predicted molar refractivity (Wildman–Crippen MR) is 135 cm³/mol. The second-order valence-corrected chi connectivity index (χ2v) is 8.86. The molecule has 3 aromatic heterocycles. The fourth-order valence-electron chi connectivity index (χ4n) is 3.34. The molecule has 0 bridgehead atoms. The number of rotatable bonds is 5. The van der Waals surface area contributed by atoms with E-state index < -0.39 is 12.1 Å². The van der Waals surface area contributed by atoms with Gasteiger partial charge in [-0.05, 0) is 41.7 Å². The van der Waals surface area contributed by atoms with Crippen LogP contribution in [-0.2, 0) is 28.3 Å². The van der Waals surface area contributed by atoms with Crippen LogP contribution in [0, 0.1) is 23.3 Å². The van der Waals surface area contributed by atoms with E-state index in [9.17, 15) is 18.4 Å². The van der Waals surface area contributed by atoms with Crippen LogP contribution in [0.1, 0.15) is 35.5 Å². The third kappa shape index (κ3) is 7.18. The predicted octanol–water partition coefficient (Wildman–Crippen LogP) is 4.62. The second-order valence-electron chi connectivity index (χ2n) is 8.08. The molecular weight excluding hydrogens is 557 g/mol. The first-order valence-corrected chi connectivity index (χ1v) is 11.9. The molecule has 1 saturated carbocycles. The average Bonchev–Trinajstić information content (AvgIpc) is 3.60. The molecule has 5 rings (SSSR count). The minimum atomic E-state index is -2.76. The number of carbonyl (C=O) groups excluding carboxylic acids is 1. The number of halogens is 2. The summed E-state index contributed by atoms with van der Waals surface area (Å²) in [6.07, 6.45) is 4.44. The van der Waals surface area contributed by atoms with E-state index in [1.165, 1.54) is 54.2 Å². The SMILES string of the molecule is C(#CC1CC1)c1nn[c-]s1.COc1cnc(C(F)F)cc1-c1cc(-c2ccc(=O)n(C)c2)ccc1[C-]=O.[Ni+2]. The van der Waals surface area contributed by atoms with Crippen LogP contribution in [-0.4, -0.2) is 33.1 Å². The molecule has 7 nitrogen and oxygen atoms in total. The number of methoxy groups -OCH3 is 1. The van der Waals surface area contributed by atoms with E-state index in [4.69, 9.17) is 4.74 Å². The van der Waals surface area contributed by atoms with E-state index in [0.717, 1.165) is 10.6 Å². The van der Waals surface area contributed by atoms with Crippen molar-refractivity contribution in [3.05, 3.63) is 80.9 Å². The summed E-state index contributed by atoms with van der Waals surface area (Å²) in [6, 6.07) is 9.20. The zero-order chi connectivity index (χ0) is 26.4. The van der Waals surface area contributed by atoms with Crippen molar-refractivity contribution in [3.63, 3.8) is 0 Å². The van der Waals surface area contributed by atoms with Gasteiger partial charge in [0.05, 0.1) is 19.6 Å². The average molecular weight is 577 g/mol. The summed E-state index contributed by atoms with van der Waals surface area (Å²) in [5.74, 6) is 6.95. The fourth-order valence-corrected chi connectivity index (χ4v) is 3.70. The maximum atomic E-state index is 13.1. The van der Waals surface area contributed by atoms with Crippen molar-refractivity contribution in [2.75, 3.05) is 7.11 Å². The zero-order valence-corrected chi connectivity index (χ0v) is 22.0. The van der Waals surface area contributed by atoms with Gasteiger partial charge in [-0.2, -0.15) is 6.07 Å². The maximum absolute atomic E-state index is 13.1. The first-order chi connectivity index (χ1) is 17.9. The molecule has 0 amide bonds. The molecule has 38 heavy (non-hydrogen) atoms. The van der Waals surface area contributed by atoms with Crippen LogP contribution in [0.5, 0.6) is 5.75 Å². The quantitative estimate of drug-likeness (QED) is 0.196. The number of aryl methyl sites for hydroxylation is 1. The normalized spacial score (nSPS) is 11.9. The van der Waals surface area contributed by atoms with Crippen LogP contribution in [0.3, 0.4) is 0 Å². The fraction of sp³-hybridized carbons (Fsp3) is 0.222. The van der Waals surface area contributed by atoms with Gasteiger partial charge >= 0.3 is 16.5 Å². The standard InChI is InChI=1S/C20H15F2N2O3.C7H5N2S.Ni/c1-24-10-13(5-6-19(24)26)12-3-4-14(11-25)15(7-12)16-8-17(20(21)22)23-9-18(16)27-2;1-2-6(1)3-4-7-9-8-5-10-7;/h3-10,20H,1-2H3;6H,1-2H2;/q2*-1;+2. The molecule has 1 aliphatic rings. The summed E-state index contributed by atoms with van der Waals surface area (Å²) in [5, 5.41) is 8.10. The summed E-state index contributed by atoms with van der Waals surface area (Å²) >= 11 is 1.37. The number of pyridine rings is 2. The number of alkyl halides is 2. The first kappa shape index (κ1) is 28.8. The molecule has 0 spiro atoms. The molecule has 0 N–H and O–H groups in total. The summed E-state index contributed by atoms with van der Waals surface area (Å²) in [7, 11) is 3.02. The minimum Gasteiger partial charge on any atom is -0.496 e. The van der Waals surface area contributed by atoms with Gasteiger partial charge in [-0.1, -0.05) is 5.51 Å². The third-order valence-electron chi connectivity index (χ3n) is 5.46. The van der Waals surface area contributed by atoms with Crippen LogP contribution in [0.15, 0.2) is 53.6 Å². The summed E-state index contributed by atoms with van der Waals surface area (Å²) in [4.78, 5) is 26.7. The van der Waals surface area contributed by atoms with E-state index in [0.29, 0.717) is 22.6 Å². The van der Waals surface area contributed by atoms with Crippen LogP contribution in [0.25, 0.3) is 22.3 Å². The maximum Gasteiger partial charge on any atom is 2.00 e. The number of benzene rings is 1. The molecule has 1 aromatic carbocycles. The van der Waals surface area contributed by atoms with E-state index >= 15 is 0 Å². The Hall–Kier alpha value is -3.74. The smallest absolute Gasteiger partial charge is 0.496 e. The van der Waals surface area contributed by atoms with Gasteiger partial charge in [0, 0.05) is 30.2 Å². The van der Waals surface area contributed by atoms with Crippen molar-refractivity contribution >= 4 is 17.6 Å². The second kappa shape index (κ2) is 13.2. The number of nitrogens with zero attached hydrogens (tertiary/aromatic N) is 4. The van der Waals surface area contributed by atoms with E-state index in [-0.39, 0.29) is 33.4 Å². The van der Waals surface area contributed by atoms with Crippen molar-refractivity contribution in [2.45, 2.75) is 19.3 Å². The van der Waals surface area contributed by atoms with Crippen molar-refractivity contribution in [1.82, 2.24) is 19.7 Å². The number of hydrogen-bond donors (Lipinski definition) is 0. The van der Waals surface area contributed by atoms with E-state index in [2.05, 4.69) is 32.5 Å². The Morgan fingerprint density at radius 1 is 1.18 bits per heavy atom. The van der Waals surface area contributed by atoms with E-state index in [1.807, 2.05) is 6.29 Å². The van der Waals surface area contributed by atoms with Crippen LogP contribution < -0.4 is 10.3 Å². The molecule has 4 aromatic rings. The van der Waals surface area contributed by atoms with Gasteiger partial charge in [0.15, 0.2) is 0 Å². The Labute approximate surface area is 231 Å². The molecule has 1 fully saturated rings. The van der Waals surface area contributed by atoms with Crippen molar-refractivity contribution in [1.29, 1.82) is 0 Å². The molecular formula is C27H20F2N4NiO3S. The number of aromatic nitrogens is 4. The third-order valence-corrected chi connectivity index (χ3v) is 6.01. The monoisotopic (exact) mass is 576 g/mol.